The first-order valence-electron chi connectivity index (χ1n) is 8.11. The predicted molar refractivity (Wildman–Crippen MR) is 103 cm³/mol. The minimum Gasteiger partial charge on any atom is -0.457 e. The molecule has 0 fully saturated rings. The molecule has 0 unspecified atom stereocenters. The number of benzene rings is 3. The predicted octanol–water partition coefficient (Wildman–Crippen LogP) is 5.56. The SMILES string of the molecule is O=C(OCc1ccccc1)c1ccc(NCc2ccc(Br)cc2)c(F)c1. The van der Waals surface area contributed by atoms with Gasteiger partial charge in [0.25, 0.3) is 0 Å². The van der Waals surface area contributed by atoms with Crippen molar-refractivity contribution in [3.8, 4) is 0 Å². The number of ether oxygens (including phenoxy) is 1. The van der Waals surface area contributed by atoms with Crippen molar-refractivity contribution >= 4 is 27.6 Å². The molecule has 3 rings (SSSR count). The first-order valence-corrected chi connectivity index (χ1v) is 8.90. The Balaban J connectivity index is 1.59. The average Bonchev–Trinajstić information content (AvgIpc) is 2.67. The second-order valence-electron chi connectivity index (χ2n) is 5.74. The lowest BCUT2D eigenvalue weighted by molar-refractivity contribution is 0.0472. The lowest BCUT2D eigenvalue weighted by atomic mass is 10.1. The molecule has 0 saturated carbocycles. The summed E-state index contributed by atoms with van der Waals surface area (Å²) in [6.07, 6.45) is 0. The first kappa shape index (κ1) is 18.1. The molecule has 26 heavy (non-hydrogen) atoms. The molecule has 0 radical (unpaired) electrons. The Morgan fingerprint density at radius 1 is 0.962 bits per heavy atom. The van der Waals surface area contributed by atoms with E-state index in [2.05, 4.69) is 21.2 Å². The maximum atomic E-state index is 14.3. The summed E-state index contributed by atoms with van der Waals surface area (Å²) < 4.78 is 20.5. The number of rotatable bonds is 6. The lowest BCUT2D eigenvalue weighted by Gasteiger charge is -2.10. The third-order valence-corrected chi connectivity index (χ3v) is 4.34. The van der Waals surface area contributed by atoms with Gasteiger partial charge in [0.2, 0.25) is 0 Å². The van der Waals surface area contributed by atoms with Crippen LogP contribution in [-0.2, 0) is 17.9 Å². The van der Waals surface area contributed by atoms with Crippen LogP contribution in [0.25, 0.3) is 0 Å². The van der Waals surface area contributed by atoms with Gasteiger partial charge in [0.1, 0.15) is 12.4 Å². The summed E-state index contributed by atoms with van der Waals surface area (Å²) in [7, 11) is 0. The number of esters is 1. The van der Waals surface area contributed by atoms with Crippen molar-refractivity contribution in [3.63, 3.8) is 0 Å². The van der Waals surface area contributed by atoms with Gasteiger partial charge in [0.15, 0.2) is 0 Å². The summed E-state index contributed by atoms with van der Waals surface area (Å²) in [5.41, 5.74) is 2.44. The maximum absolute atomic E-state index is 14.3. The van der Waals surface area contributed by atoms with Gasteiger partial charge >= 0.3 is 5.97 Å². The quantitative estimate of drug-likeness (QED) is 0.537. The molecular formula is C21H17BrFNO2. The molecule has 0 aliphatic heterocycles. The smallest absolute Gasteiger partial charge is 0.338 e. The normalized spacial score (nSPS) is 10.4. The van der Waals surface area contributed by atoms with E-state index in [1.54, 1.807) is 12.1 Å². The Kier molecular flexibility index (Phi) is 6.02. The van der Waals surface area contributed by atoms with Crippen molar-refractivity contribution < 1.29 is 13.9 Å². The van der Waals surface area contributed by atoms with Crippen LogP contribution >= 0.6 is 15.9 Å². The zero-order valence-electron chi connectivity index (χ0n) is 13.9. The topological polar surface area (TPSA) is 38.3 Å². The summed E-state index contributed by atoms with van der Waals surface area (Å²) >= 11 is 3.38. The van der Waals surface area contributed by atoms with Crippen LogP contribution in [0, 0.1) is 5.82 Å². The van der Waals surface area contributed by atoms with Crippen LogP contribution in [-0.4, -0.2) is 5.97 Å². The molecule has 0 spiro atoms. The fourth-order valence-electron chi connectivity index (χ4n) is 2.39. The number of carbonyl (C=O) groups is 1. The molecule has 0 aliphatic carbocycles. The average molecular weight is 414 g/mol. The molecule has 5 heteroatoms. The highest BCUT2D eigenvalue weighted by Gasteiger charge is 2.11. The van der Waals surface area contributed by atoms with Crippen molar-refractivity contribution in [1.82, 2.24) is 0 Å². The molecule has 0 aliphatic rings. The molecule has 3 nitrogen and oxygen atoms in total. The van der Waals surface area contributed by atoms with Gasteiger partial charge in [0.05, 0.1) is 11.3 Å². The molecule has 0 heterocycles. The Morgan fingerprint density at radius 2 is 1.69 bits per heavy atom. The van der Waals surface area contributed by atoms with Crippen molar-refractivity contribution in [2.45, 2.75) is 13.2 Å². The zero-order valence-corrected chi connectivity index (χ0v) is 15.5. The van der Waals surface area contributed by atoms with E-state index >= 15 is 0 Å². The fourth-order valence-corrected chi connectivity index (χ4v) is 2.66. The highest BCUT2D eigenvalue weighted by molar-refractivity contribution is 9.10. The molecule has 132 valence electrons. The van der Waals surface area contributed by atoms with Crippen LogP contribution in [0.4, 0.5) is 10.1 Å². The van der Waals surface area contributed by atoms with Gasteiger partial charge in [0, 0.05) is 11.0 Å². The third-order valence-electron chi connectivity index (χ3n) is 3.81. The van der Waals surface area contributed by atoms with Crippen LogP contribution in [0.1, 0.15) is 21.5 Å². The number of nitrogens with one attached hydrogen (secondary N) is 1. The Labute approximate surface area is 159 Å². The molecular weight excluding hydrogens is 397 g/mol. The van der Waals surface area contributed by atoms with Crippen LogP contribution in [0.15, 0.2) is 77.3 Å². The number of hydrogen-bond acceptors (Lipinski definition) is 3. The molecule has 3 aromatic rings. The summed E-state index contributed by atoms with van der Waals surface area (Å²) in [5, 5.41) is 3.03. The number of hydrogen-bond donors (Lipinski definition) is 1. The largest absolute Gasteiger partial charge is 0.457 e. The number of anilines is 1. The van der Waals surface area contributed by atoms with Crippen LogP contribution < -0.4 is 5.32 Å². The molecule has 0 amide bonds. The van der Waals surface area contributed by atoms with E-state index in [-0.39, 0.29) is 12.2 Å². The minimum atomic E-state index is -0.549. The van der Waals surface area contributed by atoms with E-state index in [0.29, 0.717) is 12.2 Å². The van der Waals surface area contributed by atoms with Crippen molar-refractivity contribution in [3.05, 3.63) is 99.8 Å². The molecule has 0 bridgehead atoms. The Bertz CT molecular complexity index is 882. The second kappa shape index (κ2) is 8.63. The van der Waals surface area contributed by atoms with E-state index in [1.807, 2.05) is 54.6 Å². The van der Waals surface area contributed by atoms with Gasteiger partial charge in [-0.1, -0.05) is 58.4 Å². The second-order valence-corrected chi connectivity index (χ2v) is 6.65. The highest BCUT2D eigenvalue weighted by Crippen LogP contribution is 2.18. The Morgan fingerprint density at radius 3 is 2.38 bits per heavy atom. The standard InChI is InChI=1S/C21H17BrFNO2/c22-18-9-6-15(7-10-18)13-24-20-11-8-17(12-19(20)23)21(25)26-14-16-4-2-1-3-5-16/h1-12,24H,13-14H2. The van der Waals surface area contributed by atoms with Crippen LogP contribution in [0.3, 0.4) is 0 Å². The molecule has 3 aromatic carbocycles. The third kappa shape index (κ3) is 4.92. The van der Waals surface area contributed by atoms with Crippen LogP contribution in [0.5, 0.6) is 0 Å². The molecule has 1 N–H and O–H groups in total. The van der Waals surface area contributed by atoms with Gasteiger partial charge < -0.3 is 10.1 Å². The van der Waals surface area contributed by atoms with E-state index in [0.717, 1.165) is 15.6 Å². The Hall–Kier alpha value is -2.66. The van der Waals surface area contributed by atoms with E-state index in [4.69, 9.17) is 4.74 Å². The van der Waals surface area contributed by atoms with Gasteiger partial charge in [-0.15, -0.1) is 0 Å². The summed E-state index contributed by atoms with van der Waals surface area (Å²) in [5.74, 6) is -1.04. The highest BCUT2D eigenvalue weighted by atomic mass is 79.9. The summed E-state index contributed by atoms with van der Waals surface area (Å²) in [6.45, 7) is 0.646. The van der Waals surface area contributed by atoms with E-state index in [1.165, 1.54) is 6.07 Å². The molecule has 0 aromatic heterocycles. The lowest BCUT2D eigenvalue weighted by Crippen LogP contribution is -2.07. The fraction of sp³-hybridized carbons (Fsp3) is 0.0952. The minimum absolute atomic E-state index is 0.158. The van der Waals surface area contributed by atoms with E-state index < -0.39 is 11.8 Å². The zero-order chi connectivity index (χ0) is 18.4. The van der Waals surface area contributed by atoms with Crippen molar-refractivity contribution in [2.75, 3.05) is 5.32 Å². The number of halogens is 2. The van der Waals surface area contributed by atoms with Gasteiger partial charge in [-0.2, -0.15) is 0 Å². The van der Waals surface area contributed by atoms with Crippen molar-refractivity contribution in [1.29, 1.82) is 0 Å². The first-order chi connectivity index (χ1) is 12.6. The van der Waals surface area contributed by atoms with Crippen molar-refractivity contribution in [2.24, 2.45) is 0 Å². The van der Waals surface area contributed by atoms with Gasteiger partial charge in [-0.3, -0.25) is 0 Å². The van der Waals surface area contributed by atoms with E-state index in [9.17, 15) is 9.18 Å². The molecule has 0 saturated heterocycles. The monoisotopic (exact) mass is 413 g/mol. The summed E-state index contributed by atoms with van der Waals surface area (Å²) in [4.78, 5) is 12.1. The molecule has 0 atom stereocenters. The number of carbonyl (C=O) groups excluding carboxylic acids is 1. The summed E-state index contributed by atoms with van der Waals surface area (Å²) in [6, 6.07) is 21.4. The van der Waals surface area contributed by atoms with Crippen LogP contribution in [0.2, 0.25) is 0 Å². The van der Waals surface area contributed by atoms with Gasteiger partial charge in [-0.05, 0) is 41.5 Å². The maximum Gasteiger partial charge on any atom is 0.338 e. The van der Waals surface area contributed by atoms with Gasteiger partial charge in [-0.25, -0.2) is 9.18 Å².